The second-order valence-corrected chi connectivity index (χ2v) is 6.85. The highest BCUT2D eigenvalue weighted by Gasteiger charge is 2.46. The minimum Gasteiger partial charge on any atom is -0.246 e. The molecule has 0 radical (unpaired) electrons. The van der Waals surface area contributed by atoms with Gasteiger partial charge in [-0.3, -0.25) is 0 Å². The van der Waals surface area contributed by atoms with Gasteiger partial charge in [0.1, 0.15) is 0 Å². The maximum atomic E-state index is 3.76. The van der Waals surface area contributed by atoms with Crippen molar-refractivity contribution in [3.63, 3.8) is 0 Å². The van der Waals surface area contributed by atoms with E-state index in [0.717, 1.165) is 0 Å². The number of rotatable bonds is 5. The van der Waals surface area contributed by atoms with Crippen LogP contribution in [0.4, 0.5) is 0 Å². The fourth-order valence-electron chi connectivity index (χ4n) is 3.83. The summed E-state index contributed by atoms with van der Waals surface area (Å²) in [6.45, 7) is 0. The minimum atomic E-state index is 0.103. The second-order valence-electron chi connectivity index (χ2n) is 6.85. The van der Waals surface area contributed by atoms with Gasteiger partial charge in [0.25, 0.3) is 0 Å². The normalized spacial score (nSPS) is 21.6. The Bertz CT molecular complexity index is 611. The molecule has 2 heteroatoms. The van der Waals surface area contributed by atoms with Crippen LogP contribution in [0.25, 0.3) is 0 Å². The lowest BCUT2D eigenvalue weighted by Gasteiger charge is -2.34. The molecular weight excluding hydrogens is 268 g/mol. The third-order valence-corrected chi connectivity index (χ3v) is 5.40. The third kappa shape index (κ3) is 2.47. The van der Waals surface area contributed by atoms with Crippen LogP contribution in [0.5, 0.6) is 0 Å². The molecule has 0 atom stereocenters. The molecule has 0 saturated heterocycles. The molecule has 0 unspecified atom stereocenters. The Morgan fingerprint density at radius 2 is 0.955 bits per heavy atom. The van der Waals surface area contributed by atoms with E-state index in [2.05, 4.69) is 71.5 Å². The summed E-state index contributed by atoms with van der Waals surface area (Å²) < 4.78 is 0. The molecule has 2 nitrogen and oxygen atoms in total. The van der Waals surface area contributed by atoms with Crippen LogP contribution >= 0.6 is 0 Å². The average Bonchev–Trinajstić information content (AvgIpc) is 3.24. The zero-order valence-corrected chi connectivity index (χ0v) is 13.0. The van der Waals surface area contributed by atoms with Gasteiger partial charge in [-0.2, -0.15) is 0 Å². The summed E-state index contributed by atoms with van der Waals surface area (Å²) in [4.78, 5) is 0. The Hall–Kier alpha value is -1.64. The van der Waals surface area contributed by atoms with Gasteiger partial charge in [0.2, 0.25) is 0 Å². The molecule has 4 rings (SSSR count). The maximum absolute atomic E-state index is 3.76. The van der Waals surface area contributed by atoms with Crippen molar-refractivity contribution in [1.82, 2.24) is 10.9 Å². The smallest absolute Gasteiger partial charge is 0.0573 e. The van der Waals surface area contributed by atoms with E-state index in [1.54, 1.807) is 0 Å². The summed E-state index contributed by atoms with van der Waals surface area (Å²) in [5.41, 5.74) is 10.6. The fourth-order valence-corrected chi connectivity index (χ4v) is 3.83. The number of hydrazine groups is 1. The van der Waals surface area contributed by atoms with E-state index in [-0.39, 0.29) is 11.1 Å². The van der Waals surface area contributed by atoms with Crippen molar-refractivity contribution >= 4 is 0 Å². The second kappa shape index (κ2) is 5.53. The topological polar surface area (TPSA) is 24.1 Å². The number of hydrogen-bond donors (Lipinski definition) is 2. The fraction of sp³-hybridized carbons (Fsp3) is 0.400. The van der Waals surface area contributed by atoms with Crippen molar-refractivity contribution in [2.45, 2.75) is 49.6 Å². The molecule has 0 aromatic heterocycles. The molecule has 0 heterocycles. The summed E-state index contributed by atoms with van der Waals surface area (Å²) in [6, 6.07) is 21.8. The highest BCUT2D eigenvalue weighted by Crippen LogP contribution is 2.46. The monoisotopic (exact) mass is 292 g/mol. The van der Waals surface area contributed by atoms with Gasteiger partial charge in [-0.1, -0.05) is 73.5 Å². The van der Waals surface area contributed by atoms with Gasteiger partial charge in [0.05, 0.1) is 11.1 Å². The molecule has 0 bridgehead atoms. The quantitative estimate of drug-likeness (QED) is 0.805. The van der Waals surface area contributed by atoms with Crippen molar-refractivity contribution in [2.24, 2.45) is 0 Å². The van der Waals surface area contributed by atoms with Gasteiger partial charge >= 0.3 is 0 Å². The van der Waals surface area contributed by atoms with Gasteiger partial charge in [0.15, 0.2) is 0 Å². The van der Waals surface area contributed by atoms with Crippen LogP contribution in [0.15, 0.2) is 60.7 Å². The minimum absolute atomic E-state index is 0.103. The van der Waals surface area contributed by atoms with Crippen molar-refractivity contribution < 1.29 is 0 Å². The van der Waals surface area contributed by atoms with Crippen LogP contribution in [0, 0.1) is 0 Å². The molecule has 0 spiro atoms. The molecular formula is C20H24N2. The van der Waals surface area contributed by atoms with E-state index in [1.807, 2.05) is 0 Å². The Balaban J connectivity index is 1.54. The van der Waals surface area contributed by atoms with Gasteiger partial charge < -0.3 is 0 Å². The van der Waals surface area contributed by atoms with E-state index < -0.39 is 0 Å². The third-order valence-electron chi connectivity index (χ3n) is 5.40. The Morgan fingerprint density at radius 1 is 0.545 bits per heavy atom. The average molecular weight is 292 g/mol. The first-order valence-corrected chi connectivity index (χ1v) is 8.49. The molecule has 114 valence electrons. The molecule has 2 aliphatic rings. The number of hydrogen-bond acceptors (Lipinski definition) is 2. The standard InChI is InChI=1S/C20H24N2/c1-3-9-17(10-4-1)19(13-7-8-14-19)21-22-20(15-16-20)18-11-5-2-6-12-18/h1-6,9-12,21-22H,7-8,13-16H2. The zero-order chi connectivity index (χ0) is 14.9. The summed E-state index contributed by atoms with van der Waals surface area (Å²) in [6.07, 6.45) is 7.48. The molecule has 2 fully saturated rings. The molecule has 0 aliphatic heterocycles. The van der Waals surface area contributed by atoms with Crippen molar-refractivity contribution in [2.75, 3.05) is 0 Å². The Labute approximate surface area is 132 Å². The van der Waals surface area contributed by atoms with Crippen LogP contribution in [0.1, 0.15) is 49.7 Å². The van der Waals surface area contributed by atoms with Crippen LogP contribution < -0.4 is 10.9 Å². The van der Waals surface area contributed by atoms with E-state index in [4.69, 9.17) is 0 Å². The lowest BCUT2D eigenvalue weighted by molar-refractivity contribution is 0.255. The maximum Gasteiger partial charge on any atom is 0.0573 e. The van der Waals surface area contributed by atoms with Crippen molar-refractivity contribution in [1.29, 1.82) is 0 Å². The molecule has 2 aromatic carbocycles. The predicted molar refractivity (Wildman–Crippen MR) is 90.2 cm³/mol. The highest BCUT2D eigenvalue weighted by atomic mass is 15.4. The lowest BCUT2D eigenvalue weighted by atomic mass is 9.89. The van der Waals surface area contributed by atoms with Gasteiger partial charge in [-0.05, 0) is 36.8 Å². The SMILES string of the molecule is c1ccc(C2(NNC3(c4ccccc4)CC3)CCCC2)cc1. The predicted octanol–water partition coefficient (Wildman–Crippen LogP) is 4.24. The van der Waals surface area contributed by atoms with Crippen molar-refractivity contribution in [3.05, 3.63) is 71.8 Å². The zero-order valence-electron chi connectivity index (χ0n) is 13.0. The molecule has 22 heavy (non-hydrogen) atoms. The van der Waals surface area contributed by atoms with Gasteiger partial charge in [-0.15, -0.1) is 0 Å². The van der Waals surface area contributed by atoms with Crippen LogP contribution in [-0.4, -0.2) is 0 Å². The summed E-state index contributed by atoms with van der Waals surface area (Å²) >= 11 is 0. The van der Waals surface area contributed by atoms with Crippen LogP contribution in [0.2, 0.25) is 0 Å². The van der Waals surface area contributed by atoms with E-state index in [1.165, 1.54) is 49.7 Å². The largest absolute Gasteiger partial charge is 0.246 e. The first-order valence-electron chi connectivity index (χ1n) is 8.49. The first-order chi connectivity index (χ1) is 10.8. The summed E-state index contributed by atoms with van der Waals surface area (Å²) in [5.74, 6) is 0. The molecule has 2 aliphatic carbocycles. The van der Waals surface area contributed by atoms with Crippen LogP contribution in [-0.2, 0) is 11.1 Å². The summed E-state index contributed by atoms with van der Waals surface area (Å²) in [5, 5.41) is 0. The van der Waals surface area contributed by atoms with Gasteiger partial charge in [-0.25, -0.2) is 10.9 Å². The molecule has 2 aromatic rings. The molecule has 2 saturated carbocycles. The lowest BCUT2D eigenvalue weighted by Crippen LogP contribution is -2.52. The van der Waals surface area contributed by atoms with Crippen molar-refractivity contribution in [3.8, 4) is 0 Å². The van der Waals surface area contributed by atoms with Crippen LogP contribution in [0.3, 0.4) is 0 Å². The Kier molecular flexibility index (Phi) is 3.51. The van der Waals surface area contributed by atoms with E-state index >= 15 is 0 Å². The molecule has 0 amide bonds. The summed E-state index contributed by atoms with van der Waals surface area (Å²) in [7, 11) is 0. The van der Waals surface area contributed by atoms with E-state index in [9.17, 15) is 0 Å². The van der Waals surface area contributed by atoms with E-state index in [0.29, 0.717) is 0 Å². The van der Waals surface area contributed by atoms with Gasteiger partial charge in [0, 0.05) is 0 Å². The Morgan fingerprint density at radius 3 is 1.36 bits per heavy atom. The molecule has 2 N–H and O–H groups in total. The highest BCUT2D eigenvalue weighted by molar-refractivity contribution is 5.30. The number of benzene rings is 2. The number of nitrogens with one attached hydrogen (secondary N) is 2. The first kappa shape index (κ1) is 14.0.